The molecule has 0 unspecified atom stereocenters. The summed E-state index contributed by atoms with van der Waals surface area (Å²) in [6, 6.07) is 3.76. The topological polar surface area (TPSA) is 79.2 Å². The van der Waals surface area contributed by atoms with Crippen molar-refractivity contribution in [2.75, 3.05) is 11.9 Å². The van der Waals surface area contributed by atoms with Crippen molar-refractivity contribution in [3.05, 3.63) is 16.5 Å². The van der Waals surface area contributed by atoms with Gasteiger partial charge in [0.15, 0.2) is 0 Å². The van der Waals surface area contributed by atoms with Gasteiger partial charge in [-0.3, -0.25) is 4.79 Å². The lowest BCUT2D eigenvalue weighted by atomic mass is 9.96. The predicted molar refractivity (Wildman–Crippen MR) is 82.3 cm³/mol. The Morgan fingerprint density at radius 3 is 2.67 bits per heavy atom. The summed E-state index contributed by atoms with van der Waals surface area (Å²) in [5.74, 6) is -0.510. The van der Waals surface area contributed by atoms with Gasteiger partial charge in [0.05, 0.1) is 17.7 Å². The van der Waals surface area contributed by atoms with Crippen LogP contribution < -0.4 is 5.32 Å². The van der Waals surface area contributed by atoms with E-state index in [-0.39, 0.29) is 12.5 Å². The van der Waals surface area contributed by atoms with E-state index < -0.39 is 11.4 Å². The Hall–Kier alpha value is -1.87. The van der Waals surface area contributed by atoms with Gasteiger partial charge in [0.2, 0.25) is 5.91 Å². The number of carbonyl (C=O) groups is 2. The van der Waals surface area contributed by atoms with Crippen molar-refractivity contribution in [1.82, 2.24) is 0 Å². The second-order valence-corrected chi connectivity index (χ2v) is 6.78. The molecule has 0 aromatic carbocycles. The predicted octanol–water partition coefficient (Wildman–Crippen LogP) is 3.50. The maximum absolute atomic E-state index is 11.9. The van der Waals surface area contributed by atoms with Gasteiger partial charge >= 0.3 is 5.97 Å². The van der Waals surface area contributed by atoms with Crippen molar-refractivity contribution in [2.45, 2.75) is 40.5 Å². The average Bonchev–Trinajstić information content (AvgIpc) is 2.74. The van der Waals surface area contributed by atoms with E-state index in [1.54, 1.807) is 13.0 Å². The first kappa shape index (κ1) is 17.2. The summed E-state index contributed by atoms with van der Waals surface area (Å²) in [5.41, 5.74) is 0.282. The van der Waals surface area contributed by atoms with Crippen LogP contribution in [-0.2, 0) is 9.53 Å². The summed E-state index contributed by atoms with van der Waals surface area (Å²) in [7, 11) is 0. The number of nitrogens with one attached hydrogen (secondary N) is 1. The van der Waals surface area contributed by atoms with E-state index in [1.807, 2.05) is 26.8 Å². The van der Waals surface area contributed by atoms with Gasteiger partial charge in [0, 0.05) is 11.8 Å². The lowest BCUT2D eigenvalue weighted by Gasteiger charge is -2.16. The second kappa shape index (κ2) is 7.23. The number of anilines is 1. The van der Waals surface area contributed by atoms with Gasteiger partial charge in [-0.15, -0.1) is 11.3 Å². The Bertz CT molecular complexity index is 564. The molecule has 0 saturated carbocycles. The summed E-state index contributed by atoms with van der Waals surface area (Å²) in [5, 5.41) is 11.9. The van der Waals surface area contributed by atoms with Crippen LogP contribution in [0.25, 0.3) is 0 Å². The first-order chi connectivity index (χ1) is 9.75. The Morgan fingerprint density at radius 1 is 1.43 bits per heavy atom. The smallest absolute Gasteiger partial charge is 0.348 e. The lowest BCUT2D eigenvalue weighted by Crippen LogP contribution is -2.27. The number of hydrogen-bond acceptors (Lipinski definition) is 5. The molecule has 0 aliphatic carbocycles. The van der Waals surface area contributed by atoms with Crippen molar-refractivity contribution < 1.29 is 14.3 Å². The van der Waals surface area contributed by atoms with Crippen molar-refractivity contribution in [2.24, 2.45) is 5.41 Å². The number of thiophene rings is 1. The van der Waals surface area contributed by atoms with Gasteiger partial charge in [-0.2, -0.15) is 5.26 Å². The van der Waals surface area contributed by atoms with Gasteiger partial charge in [-0.05, 0) is 25.0 Å². The summed E-state index contributed by atoms with van der Waals surface area (Å²) in [4.78, 5) is 24.3. The van der Waals surface area contributed by atoms with E-state index in [2.05, 4.69) is 5.32 Å². The average molecular weight is 308 g/mol. The summed E-state index contributed by atoms with van der Waals surface area (Å²) >= 11 is 1.20. The normalized spacial score (nSPS) is 10.8. The fraction of sp³-hybridized carbons (Fsp3) is 0.533. The molecule has 0 aliphatic heterocycles. The molecule has 0 bridgehead atoms. The molecule has 5 nitrogen and oxygen atoms in total. The quantitative estimate of drug-likeness (QED) is 0.667. The minimum Gasteiger partial charge on any atom is -0.461 e. The lowest BCUT2D eigenvalue weighted by molar-refractivity contribution is -0.123. The van der Waals surface area contributed by atoms with Gasteiger partial charge in [0.1, 0.15) is 4.88 Å². The Morgan fingerprint density at radius 2 is 2.10 bits per heavy atom. The van der Waals surface area contributed by atoms with Crippen LogP contribution in [-0.4, -0.2) is 18.5 Å². The molecule has 0 saturated heterocycles. The molecule has 21 heavy (non-hydrogen) atoms. The molecule has 1 aromatic heterocycles. The third kappa shape index (κ3) is 5.20. The summed E-state index contributed by atoms with van der Waals surface area (Å²) < 4.78 is 5.10. The van der Waals surface area contributed by atoms with Crippen LogP contribution in [0.15, 0.2) is 6.07 Å². The fourth-order valence-electron chi connectivity index (χ4n) is 1.43. The van der Waals surface area contributed by atoms with Gasteiger partial charge in [-0.1, -0.05) is 20.8 Å². The second-order valence-electron chi connectivity index (χ2n) is 5.72. The molecule has 1 rings (SSSR count). The van der Waals surface area contributed by atoms with E-state index in [0.29, 0.717) is 22.7 Å². The Kier molecular flexibility index (Phi) is 5.91. The zero-order chi connectivity index (χ0) is 16.0. The maximum atomic E-state index is 11.9. The molecule has 1 amide bonds. The number of aryl methyl sites for hydroxylation is 1. The number of nitriles is 1. The standard InChI is InChI=1S/C15H20N2O3S/c1-10-9-11(17-14(19)15(2,3)4)21-12(10)13(18)20-8-6-5-7-16/h9H,5-6,8H2,1-4H3,(H,17,19). The molecule has 0 atom stereocenters. The molecule has 0 fully saturated rings. The molecule has 114 valence electrons. The first-order valence-corrected chi connectivity index (χ1v) is 7.53. The number of rotatable bonds is 5. The van der Waals surface area contributed by atoms with Gasteiger partial charge in [-0.25, -0.2) is 4.79 Å². The van der Waals surface area contributed by atoms with Crippen LogP contribution >= 0.6 is 11.3 Å². The van der Waals surface area contributed by atoms with E-state index in [0.717, 1.165) is 5.56 Å². The third-order valence-corrected chi connectivity index (χ3v) is 3.82. The highest BCUT2D eigenvalue weighted by atomic mass is 32.1. The van der Waals surface area contributed by atoms with Crippen LogP contribution in [0.4, 0.5) is 5.00 Å². The molecular weight excluding hydrogens is 288 g/mol. The van der Waals surface area contributed by atoms with Crippen LogP contribution in [0.5, 0.6) is 0 Å². The first-order valence-electron chi connectivity index (χ1n) is 6.71. The minimum absolute atomic E-state index is 0.0994. The SMILES string of the molecule is Cc1cc(NC(=O)C(C)(C)C)sc1C(=O)OCCCC#N. The number of unbranched alkanes of at least 4 members (excludes halogenated alkanes) is 1. The van der Waals surface area contributed by atoms with Crippen molar-refractivity contribution in [3.63, 3.8) is 0 Å². The molecule has 6 heteroatoms. The summed E-state index contributed by atoms with van der Waals surface area (Å²) in [6.07, 6.45) is 0.893. The highest BCUT2D eigenvalue weighted by Gasteiger charge is 2.23. The highest BCUT2D eigenvalue weighted by molar-refractivity contribution is 7.18. The van der Waals surface area contributed by atoms with Crippen LogP contribution in [0, 0.1) is 23.7 Å². The van der Waals surface area contributed by atoms with Crippen molar-refractivity contribution in [1.29, 1.82) is 5.26 Å². The Balaban J connectivity index is 2.68. The van der Waals surface area contributed by atoms with Gasteiger partial charge < -0.3 is 10.1 Å². The fourth-order valence-corrected chi connectivity index (χ4v) is 2.39. The third-order valence-electron chi connectivity index (χ3n) is 2.69. The molecule has 0 aliphatic rings. The molecule has 1 heterocycles. The van der Waals surface area contributed by atoms with Gasteiger partial charge in [0.25, 0.3) is 0 Å². The van der Waals surface area contributed by atoms with E-state index in [9.17, 15) is 9.59 Å². The number of esters is 1. The molecule has 1 aromatic rings. The maximum Gasteiger partial charge on any atom is 0.348 e. The largest absolute Gasteiger partial charge is 0.461 e. The molecule has 0 radical (unpaired) electrons. The zero-order valence-corrected chi connectivity index (χ0v) is 13.6. The van der Waals surface area contributed by atoms with E-state index in [4.69, 9.17) is 10.00 Å². The number of ether oxygens (including phenoxy) is 1. The van der Waals surface area contributed by atoms with E-state index >= 15 is 0 Å². The van der Waals surface area contributed by atoms with Crippen molar-refractivity contribution >= 4 is 28.2 Å². The molecular formula is C15H20N2O3S. The van der Waals surface area contributed by atoms with Crippen LogP contribution in [0.1, 0.15) is 48.8 Å². The number of amides is 1. The summed E-state index contributed by atoms with van der Waals surface area (Å²) in [6.45, 7) is 7.51. The van der Waals surface area contributed by atoms with Crippen LogP contribution in [0.3, 0.4) is 0 Å². The van der Waals surface area contributed by atoms with E-state index in [1.165, 1.54) is 11.3 Å². The number of nitrogens with zero attached hydrogens (tertiary/aromatic N) is 1. The highest BCUT2D eigenvalue weighted by Crippen LogP contribution is 2.29. The van der Waals surface area contributed by atoms with Crippen molar-refractivity contribution in [3.8, 4) is 6.07 Å². The number of carbonyl (C=O) groups excluding carboxylic acids is 2. The zero-order valence-electron chi connectivity index (χ0n) is 12.8. The molecule has 1 N–H and O–H groups in total. The number of hydrogen-bond donors (Lipinski definition) is 1. The monoisotopic (exact) mass is 308 g/mol. The minimum atomic E-state index is -0.490. The molecule has 0 spiro atoms. The Labute approximate surface area is 128 Å². The van der Waals surface area contributed by atoms with Crippen LogP contribution in [0.2, 0.25) is 0 Å².